The number of nitrogens with one attached hydrogen (secondary N) is 1. The zero-order chi connectivity index (χ0) is 22.0. The zero-order valence-electron chi connectivity index (χ0n) is 17.6. The van der Waals surface area contributed by atoms with Gasteiger partial charge in [0.15, 0.2) is 5.06 Å². The van der Waals surface area contributed by atoms with Crippen LogP contribution in [0.25, 0.3) is 0 Å². The number of methoxy groups -OCH3 is 1. The van der Waals surface area contributed by atoms with Crippen molar-refractivity contribution in [2.24, 2.45) is 0 Å². The van der Waals surface area contributed by atoms with E-state index in [-0.39, 0.29) is 18.1 Å². The van der Waals surface area contributed by atoms with E-state index in [2.05, 4.69) is 23.3 Å². The van der Waals surface area contributed by atoms with Crippen LogP contribution in [0.2, 0.25) is 4.34 Å². The molecule has 1 N–H and O–H groups in total. The van der Waals surface area contributed by atoms with Crippen LogP contribution in [0.1, 0.15) is 21.5 Å². The monoisotopic (exact) mass is 463 g/mol. The van der Waals surface area contributed by atoms with Gasteiger partial charge in [-0.05, 0) is 55.3 Å². The largest absolute Gasteiger partial charge is 0.413 e. The Hall–Kier alpha value is -2.13. The molecule has 9 heteroatoms. The summed E-state index contributed by atoms with van der Waals surface area (Å²) < 4.78 is 11.3. The van der Waals surface area contributed by atoms with E-state index in [0.717, 1.165) is 25.9 Å². The molecule has 2 aliphatic heterocycles. The third kappa shape index (κ3) is 5.20. The van der Waals surface area contributed by atoms with Gasteiger partial charge in [0.1, 0.15) is 0 Å². The summed E-state index contributed by atoms with van der Waals surface area (Å²) in [6, 6.07) is 8.96. The van der Waals surface area contributed by atoms with E-state index in [0.29, 0.717) is 28.1 Å². The highest BCUT2D eigenvalue weighted by Gasteiger charge is 2.37. The summed E-state index contributed by atoms with van der Waals surface area (Å²) >= 11 is 7.05. The normalized spacial score (nSPS) is 21.5. The predicted molar refractivity (Wildman–Crippen MR) is 120 cm³/mol. The molecule has 2 aliphatic rings. The molecular formula is C22H26ClN3O4S. The Morgan fingerprint density at radius 1 is 1.13 bits per heavy atom. The fraction of sp³-hybridized carbons (Fsp3) is 0.455. The van der Waals surface area contributed by atoms with E-state index in [1.54, 1.807) is 24.1 Å². The number of likely N-dealkylation sites (N-methyl/N-ethyl adjacent to an activating group) is 1. The van der Waals surface area contributed by atoms with Gasteiger partial charge in [-0.3, -0.25) is 4.79 Å². The molecule has 0 spiro atoms. The van der Waals surface area contributed by atoms with Crippen LogP contribution >= 0.6 is 22.9 Å². The summed E-state index contributed by atoms with van der Waals surface area (Å²) in [4.78, 5) is 29.5. The average molecular weight is 464 g/mol. The Bertz CT molecular complexity index is 966. The number of ether oxygens (including phenoxy) is 2. The summed E-state index contributed by atoms with van der Waals surface area (Å²) in [5.41, 5.74) is 3.23. The van der Waals surface area contributed by atoms with Crippen molar-refractivity contribution in [1.82, 2.24) is 15.1 Å². The van der Waals surface area contributed by atoms with Crippen molar-refractivity contribution < 1.29 is 19.1 Å². The summed E-state index contributed by atoms with van der Waals surface area (Å²) in [5, 5.41) is 3.23. The second-order valence-electron chi connectivity index (χ2n) is 7.97. The third-order valence-corrected chi connectivity index (χ3v) is 6.99. The minimum Gasteiger partial charge on any atom is -0.399 e. The molecule has 31 heavy (non-hydrogen) atoms. The lowest BCUT2D eigenvalue weighted by Crippen LogP contribution is -2.44. The van der Waals surface area contributed by atoms with Crippen LogP contribution in [0, 0.1) is 0 Å². The molecule has 1 aromatic heterocycles. The van der Waals surface area contributed by atoms with E-state index >= 15 is 0 Å². The summed E-state index contributed by atoms with van der Waals surface area (Å²) in [6.45, 7) is 2.79. The molecule has 4 rings (SSSR count). The van der Waals surface area contributed by atoms with Gasteiger partial charge in [-0.15, -0.1) is 0 Å². The number of carbonyl (C=O) groups excluding carboxylic acids is 2. The molecule has 7 nitrogen and oxygen atoms in total. The number of hydrogen-bond acceptors (Lipinski definition) is 6. The Kier molecular flexibility index (Phi) is 6.81. The maximum absolute atomic E-state index is 13.2. The van der Waals surface area contributed by atoms with E-state index in [9.17, 15) is 9.59 Å². The molecule has 2 aromatic rings. The van der Waals surface area contributed by atoms with Crippen LogP contribution in [0.15, 0.2) is 30.3 Å². The van der Waals surface area contributed by atoms with Gasteiger partial charge >= 0.3 is 6.09 Å². The van der Waals surface area contributed by atoms with Gasteiger partial charge in [0.2, 0.25) is 0 Å². The second kappa shape index (κ2) is 9.56. The van der Waals surface area contributed by atoms with Crippen molar-refractivity contribution in [3.05, 3.63) is 51.4 Å². The molecule has 0 saturated carbocycles. The summed E-state index contributed by atoms with van der Waals surface area (Å²) in [6.07, 6.45) is 1.04. The summed E-state index contributed by atoms with van der Waals surface area (Å²) in [7, 11) is 3.70. The maximum atomic E-state index is 13.2. The SMILES string of the molecule is COC1CN(C(=O)c2ccc3c(c2)CCN(C)CC3)CC1NC(=O)Oc1ccc(Cl)s1. The van der Waals surface area contributed by atoms with Gasteiger partial charge in [0, 0.05) is 38.9 Å². The topological polar surface area (TPSA) is 71.1 Å². The molecule has 3 heterocycles. The molecule has 1 fully saturated rings. The fourth-order valence-electron chi connectivity index (χ4n) is 4.09. The number of rotatable bonds is 4. The Labute approximate surface area is 190 Å². The smallest absolute Gasteiger partial charge is 0.399 e. The number of hydrogen-bond donors (Lipinski definition) is 1. The van der Waals surface area contributed by atoms with Crippen LogP contribution in [0.5, 0.6) is 5.06 Å². The Morgan fingerprint density at radius 3 is 2.61 bits per heavy atom. The minimum absolute atomic E-state index is 0.0508. The number of thiophene rings is 1. The quantitative estimate of drug-likeness (QED) is 0.754. The van der Waals surface area contributed by atoms with Crippen molar-refractivity contribution in [3.8, 4) is 5.06 Å². The third-order valence-electron chi connectivity index (χ3n) is 5.88. The summed E-state index contributed by atoms with van der Waals surface area (Å²) in [5.74, 6) is -0.0508. The maximum Gasteiger partial charge on any atom is 0.413 e. The second-order valence-corrected chi connectivity index (χ2v) is 9.65. The van der Waals surface area contributed by atoms with Crippen molar-refractivity contribution in [3.63, 3.8) is 0 Å². The molecule has 0 bridgehead atoms. The highest BCUT2D eigenvalue weighted by atomic mass is 35.5. The lowest BCUT2D eigenvalue weighted by atomic mass is 9.99. The molecular weight excluding hydrogens is 438 g/mol. The number of carbonyl (C=O) groups is 2. The first-order valence-corrected chi connectivity index (χ1v) is 11.5. The Balaban J connectivity index is 1.41. The van der Waals surface area contributed by atoms with E-state index in [1.165, 1.54) is 22.5 Å². The first-order chi connectivity index (χ1) is 14.9. The highest BCUT2D eigenvalue weighted by Crippen LogP contribution is 2.28. The number of fused-ring (bicyclic) bond motifs is 1. The van der Waals surface area contributed by atoms with Crippen molar-refractivity contribution >= 4 is 34.9 Å². The fourth-order valence-corrected chi connectivity index (χ4v) is 4.97. The van der Waals surface area contributed by atoms with Gasteiger partial charge in [-0.2, -0.15) is 0 Å². The molecule has 1 saturated heterocycles. The molecule has 2 atom stereocenters. The number of halogens is 1. The van der Waals surface area contributed by atoms with Gasteiger partial charge in [-0.1, -0.05) is 29.0 Å². The lowest BCUT2D eigenvalue weighted by Gasteiger charge is -2.18. The van der Waals surface area contributed by atoms with Crippen LogP contribution in [0.4, 0.5) is 4.79 Å². The van der Waals surface area contributed by atoms with Crippen LogP contribution < -0.4 is 10.1 Å². The molecule has 2 amide bonds. The highest BCUT2D eigenvalue weighted by molar-refractivity contribution is 7.17. The number of benzene rings is 1. The van der Waals surface area contributed by atoms with E-state index in [4.69, 9.17) is 21.1 Å². The van der Waals surface area contributed by atoms with E-state index in [1.807, 2.05) is 12.1 Å². The molecule has 1 aromatic carbocycles. The van der Waals surface area contributed by atoms with Gasteiger partial charge in [0.25, 0.3) is 5.91 Å². The molecule has 166 valence electrons. The van der Waals surface area contributed by atoms with Crippen molar-refractivity contribution in [2.75, 3.05) is 40.3 Å². The predicted octanol–water partition coefficient (Wildman–Crippen LogP) is 3.06. The van der Waals surface area contributed by atoms with Crippen LogP contribution in [-0.4, -0.2) is 74.3 Å². The van der Waals surface area contributed by atoms with Gasteiger partial charge in [0.05, 0.1) is 16.5 Å². The standard InChI is InChI=1S/C22H26ClN3O4S/c1-25-9-7-14-3-4-16(11-15(14)8-10-25)21(27)26-12-17(18(13-26)29-2)24-22(28)30-20-6-5-19(23)31-20/h3-6,11,17-18H,7-10,12-13H2,1-2H3,(H,24,28). The average Bonchev–Trinajstić information content (AvgIpc) is 3.30. The number of nitrogens with zero attached hydrogens (tertiary/aromatic N) is 2. The molecule has 0 radical (unpaired) electrons. The number of likely N-dealkylation sites (tertiary alicyclic amines) is 1. The van der Waals surface area contributed by atoms with Crippen LogP contribution in [-0.2, 0) is 17.6 Å². The van der Waals surface area contributed by atoms with Gasteiger partial charge in [-0.25, -0.2) is 4.79 Å². The van der Waals surface area contributed by atoms with Gasteiger partial charge < -0.3 is 24.6 Å². The lowest BCUT2D eigenvalue weighted by molar-refractivity contribution is 0.0707. The molecule has 0 aliphatic carbocycles. The first kappa shape index (κ1) is 22.1. The van der Waals surface area contributed by atoms with Crippen molar-refractivity contribution in [2.45, 2.75) is 25.0 Å². The van der Waals surface area contributed by atoms with E-state index < -0.39 is 6.09 Å². The first-order valence-electron chi connectivity index (χ1n) is 10.3. The van der Waals surface area contributed by atoms with Crippen molar-refractivity contribution in [1.29, 1.82) is 0 Å². The minimum atomic E-state index is -0.589. The van der Waals surface area contributed by atoms with Crippen LogP contribution in [0.3, 0.4) is 0 Å². The Morgan fingerprint density at radius 2 is 1.90 bits per heavy atom. The number of amides is 2. The zero-order valence-corrected chi connectivity index (χ0v) is 19.2. The molecule has 2 unspecified atom stereocenters.